The molecule has 0 unspecified atom stereocenters. The van der Waals surface area contributed by atoms with Gasteiger partial charge in [0.1, 0.15) is 22.9 Å². The second kappa shape index (κ2) is 18.8. The van der Waals surface area contributed by atoms with E-state index >= 15 is 0 Å². The molecular weight excluding hydrogens is 898 g/mol. The van der Waals surface area contributed by atoms with Crippen LogP contribution >= 0.6 is 11.6 Å². The first kappa shape index (κ1) is 46.0. The highest BCUT2D eigenvalue weighted by Gasteiger charge is 2.37. The largest absolute Gasteiger partial charge is 0.493 e. The summed E-state index contributed by atoms with van der Waals surface area (Å²) < 4.78 is 47.4. The van der Waals surface area contributed by atoms with Crippen LogP contribution in [-0.4, -0.2) is 105 Å². The summed E-state index contributed by atoms with van der Waals surface area (Å²) in [5.41, 5.74) is 5.55. The summed E-state index contributed by atoms with van der Waals surface area (Å²) in [6, 6.07) is 19.0. The number of likely N-dealkylation sites (tertiary alicyclic amines) is 1. The number of pyridine rings is 1. The van der Waals surface area contributed by atoms with Crippen molar-refractivity contribution in [2.45, 2.75) is 57.3 Å². The number of piperazine rings is 1. The average Bonchev–Trinajstić information content (AvgIpc) is 3.80. The van der Waals surface area contributed by atoms with Gasteiger partial charge in [0, 0.05) is 92.2 Å². The van der Waals surface area contributed by atoms with Crippen molar-refractivity contribution < 1.29 is 37.1 Å². The fourth-order valence-electron chi connectivity index (χ4n) is 9.98. The molecule has 3 aromatic carbocycles. The first-order chi connectivity index (χ1) is 32.1. The Labute approximate surface area is 394 Å². The van der Waals surface area contributed by atoms with E-state index in [2.05, 4.69) is 50.5 Å². The van der Waals surface area contributed by atoms with Gasteiger partial charge in [-0.15, -0.1) is 0 Å². The number of methoxy groups -OCH3 is 1. The van der Waals surface area contributed by atoms with E-state index in [1.807, 2.05) is 18.2 Å². The smallest absolute Gasteiger partial charge is 0.409 e. The van der Waals surface area contributed by atoms with Gasteiger partial charge in [-0.05, 0) is 97.4 Å². The molecule has 0 bridgehead atoms. The van der Waals surface area contributed by atoms with Crippen LogP contribution in [0.3, 0.4) is 0 Å². The van der Waals surface area contributed by atoms with Gasteiger partial charge in [0.05, 0.1) is 40.9 Å². The van der Waals surface area contributed by atoms with Gasteiger partial charge < -0.3 is 29.0 Å². The molecule has 5 heterocycles. The Morgan fingerprint density at radius 3 is 2.49 bits per heavy atom. The van der Waals surface area contributed by atoms with Crippen molar-refractivity contribution >= 4 is 61.6 Å². The number of rotatable bonds is 11. The number of halogens is 1. The summed E-state index contributed by atoms with van der Waals surface area (Å²) in [5.74, 6) is -0.407. The Bertz CT molecular complexity index is 2850. The summed E-state index contributed by atoms with van der Waals surface area (Å²) in [4.78, 5) is 51.3. The Balaban J connectivity index is 0.929. The van der Waals surface area contributed by atoms with Crippen LogP contribution in [0.5, 0.6) is 17.2 Å². The number of aromatic amines is 1. The SMILES string of the molecule is COC(=O)N1CCC([C@H]2COc3cc(S(=O)(=O)NC(=O)c4ccc(N5CCN(CC6=C(c7ccc(Cl)cc7)CC(C)(C)CC6)CC5)cc4Oc4cnc5[nH]ccc5c4)cc([N+](=O)[O-])c3C2)CC1. The number of ether oxygens (including phenoxy) is 3. The van der Waals surface area contributed by atoms with E-state index in [0.29, 0.717) is 62.4 Å². The number of benzene rings is 3. The minimum absolute atomic E-state index is 0.0631. The summed E-state index contributed by atoms with van der Waals surface area (Å²) in [5, 5.41) is 14.0. The highest BCUT2D eigenvalue weighted by atomic mass is 35.5. The minimum Gasteiger partial charge on any atom is -0.493 e. The van der Waals surface area contributed by atoms with Gasteiger partial charge in [-0.3, -0.25) is 19.8 Å². The molecule has 2 aromatic heterocycles. The van der Waals surface area contributed by atoms with Crippen LogP contribution in [0, 0.1) is 27.4 Å². The van der Waals surface area contributed by atoms with Crippen molar-refractivity contribution in [1.82, 2.24) is 24.5 Å². The van der Waals surface area contributed by atoms with Crippen LogP contribution < -0.4 is 19.1 Å². The molecule has 9 rings (SSSR count). The Kier molecular flexibility index (Phi) is 12.9. The number of nitrogens with one attached hydrogen (secondary N) is 2. The minimum atomic E-state index is -4.67. The monoisotopic (exact) mass is 951 g/mol. The lowest BCUT2D eigenvalue weighted by atomic mass is 9.72. The van der Waals surface area contributed by atoms with E-state index in [9.17, 15) is 28.1 Å². The maximum atomic E-state index is 14.1. The van der Waals surface area contributed by atoms with Crippen molar-refractivity contribution in [2.75, 3.05) is 64.4 Å². The number of sulfonamides is 1. The van der Waals surface area contributed by atoms with E-state index in [1.165, 1.54) is 42.1 Å². The van der Waals surface area contributed by atoms with Crippen LogP contribution in [-0.2, 0) is 21.2 Å². The predicted octanol–water partition coefficient (Wildman–Crippen LogP) is 8.85. The predicted molar refractivity (Wildman–Crippen MR) is 254 cm³/mol. The molecule has 16 nitrogen and oxygen atoms in total. The number of piperidine rings is 1. The van der Waals surface area contributed by atoms with Gasteiger partial charge in [-0.25, -0.2) is 22.9 Å². The Morgan fingerprint density at radius 2 is 1.76 bits per heavy atom. The van der Waals surface area contributed by atoms with E-state index in [4.69, 9.17) is 25.8 Å². The zero-order chi connectivity index (χ0) is 47.0. The number of nitrogens with zero attached hydrogens (tertiary/aromatic N) is 5. The molecule has 5 aromatic rings. The number of nitro benzene ring substituents is 1. The summed E-state index contributed by atoms with van der Waals surface area (Å²) in [6.07, 6.45) is 7.69. The Hall–Kier alpha value is -6.17. The third kappa shape index (κ3) is 10.1. The molecule has 18 heteroatoms. The highest BCUT2D eigenvalue weighted by molar-refractivity contribution is 7.90. The first-order valence-corrected chi connectivity index (χ1v) is 24.5. The molecule has 352 valence electrons. The van der Waals surface area contributed by atoms with Gasteiger partial charge in [0.2, 0.25) is 0 Å². The number of aromatic nitrogens is 2. The van der Waals surface area contributed by atoms with E-state index in [0.717, 1.165) is 61.1 Å². The normalized spacial score (nSPS) is 19.1. The number of allylic oxidation sites excluding steroid dienone is 1. The van der Waals surface area contributed by atoms with Crippen molar-refractivity contribution in [3.8, 4) is 17.2 Å². The number of hydrogen-bond donors (Lipinski definition) is 2. The fourth-order valence-corrected chi connectivity index (χ4v) is 11.1. The van der Waals surface area contributed by atoms with Crippen LogP contribution in [0.2, 0.25) is 5.02 Å². The van der Waals surface area contributed by atoms with Crippen molar-refractivity contribution in [3.05, 3.63) is 117 Å². The van der Waals surface area contributed by atoms with Gasteiger partial charge in [0.15, 0.2) is 0 Å². The summed E-state index contributed by atoms with van der Waals surface area (Å²) in [6.45, 7) is 9.77. The third-order valence-electron chi connectivity index (χ3n) is 13.8. The van der Waals surface area contributed by atoms with Gasteiger partial charge in [0.25, 0.3) is 21.6 Å². The maximum Gasteiger partial charge on any atom is 0.409 e. The van der Waals surface area contributed by atoms with Gasteiger partial charge in [-0.1, -0.05) is 43.2 Å². The second-order valence-corrected chi connectivity index (χ2v) is 20.9. The zero-order valence-corrected chi connectivity index (χ0v) is 39.3. The Morgan fingerprint density at radius 1 is 1.00 bits per heavy atom. The first-order valence-electron chi connectivity index (χ1n) is 22.7. The molecule has 1 aliphatic carbocycles. The lowest BCUT2D eigenvalue weighted by Crippen LogP contribution is -2.47. The van der Waals surface area contributed by atoms with Gasteiger partial charge in [-0.2, -0.15) is 0 Å². The topological polar surface area (TPSA) is 190 Å². The van der Waals surface area contributed by atoms with E-state index in [-0.39, 0.29) is 40.9 Å². The molecule has 2 N–H and O–H groups in total. The molecule has 3 aliphatic heterocycles. The van der Waals surface area contributed by atoms with Crippen LogP contribution in [0.4, 0.5) is 16.2 Å². The van der Waals surface area contributed by atoms with Crippen LogP contribution in [0.15, 0.2) is 89.6 Å². The molecule has 2 saturated heterocycles. The second-order valence-electron chi connectivity index (χ2n) is 18.7. The number of hydrogen-bond acceptors (Lipinski definition) is 12. The number of carbonyl (C=O) groups excluding carboxylic acids is 2. The molecule has 67 heavy (non-hydrogen) atoms. The number of fused-ring (bicyclic) bond motifs is 2. The molecule has 0 saturated carbocycles. The standard InChI is InChI=1S/C49H54ClN7O9S/c1-49(2)14-10-34(42(27-49)32-4-6-36(50)7-5-32)29-54-18-20-55(21-19-54)37-8-9-40(45(24-37)66-38-22-33-11-15-51-46(33)52-28-38)47(58)53-67(62,63)39-25-43(57(60)61)41-23-35(30-65-44(41)26-39)31-12-16-56(17-13-31)48(59)64-3/h4-9,11,15,22,24-26,28,31,35H,10,12-14,16-21,23,27,29-30H2,1-3H3,(H,51,52)(H,53,58)/t35-/m1/s1. The fraction of sp³-hybridized carbons (Fsp3) is 0.408. The third-order valence-corrected chi connectivity index (χ3v) is 15.4. The molecule has 4 aliphatic rings. The lowest BCUT2D eigenvalue weighted by Gasteiger charge is -2.39. The van der Waals surface area contributed by atoms with Gasteiger partial charge >= 0.3 is 6.09 Å². The molecule has 0 radical (unpaired) electrons. The molecule has 0 spiro atoms. The summed E-state index contributed by atoms with van der Waals surface area (Å²) in [7, 11) is -3.33. The van der Waals surface area contributed by atoms with Crippen molar-refractivity contribution in [1.29, 1.82) is 0 Å². The maximum absolute atomic E-state index is 14.1. The number of carbonyl (C=O) groups is 2. The molecular formula is C49H54ClN7O9S. The lowest BCUT2D eigenvalue weighted by molar-refractivity contribution is -0.386. The van der Waals surface area contributed by atoms with E-state index in [1.54, 1.807) is 29.3 Å². The van der Waals surface area contributed by atoms with Crippen molar-refractivity contribution in [3.63, 3.8) is 0 Å². The van der Waals surface area contributed by atoms with E-state index < -0.39 is 37.5 Å². The van der Waals surface area contributed by atoms with Crippen LogP contribution in [0.1, 0.15) is 67.4 Å². The number of H-pyrrole nitrogens is 1. The zero-order valence-electron chi connectivity index (χ0n) is 37.8. The number of anilines is 1. The average molecular weight is 953 g/mol. The molecule has 1 atom stereocenters. The quantitative estimate of drug-likeness (QED) is 0.0947. The number of nitro groups is 1. The van der Waals surface area contributed by atoms with Crippen molar-refractivity contribution in [2.24, 2.45) is 17.3 Å². The molecule has 2 fully saturated rings. The summed E-state index contributed by atoms with van der Waals surface area (Å²) >= 11 is 6.25. The highest BCUT2D eigenvalue weighted by Crippen LogP contribution is 2.44. The number of amides is 2. The van der Waals surface area contributed by atoms with Crippen LogP contribution in [0.25, 0.3) is 16.6 Å². The molecule has 2 amide bonds.